The molecule has 0 heterocycles. The van der Waals surface area contributed by atoms with Gasteiger partial charge < -0.3 is 25.1 Å². The first kappa shape index (κ1) is 43.4. The fraction of sp³-hybridized carbons (Fsp3) is 0.719. The highest BCUT2D eigenvalue weighted by Gasteiger charge is 2.70. The van der Waals surface area contributed by atoms with Crippen LogP contribution in [-0.2, 0) is 52.7 Å². The first-order chi connectivity index (χ1) is 25.3. The molecule has 0 radical (unpaired) electrons. The van der Waals surface area contributed by atoms with E-state index in [0.29, 0.717) is 19.3 Å². The topological polar surface area (TPSA) is 318 Å². The number of aliphatic hydroxyl groups is 1. The van der Waals surface area contributed by atoms with Gasteiger partial charge in [-0.25, -0.2) is 9.68 Å². The molecule has 4 rings (SSSR count). The zero-order valence-corrected chi connectivity index (χ0v) is 29.7. The normalized spacial score (nSPS) is 31.4. The number of ether oxygens (including phenoxy) is 3. The van der Waals surface area contributed by atoms with Gasteiger partial charge in [0.05, 0.1) is 35.3 Å². The fourth-order valence-electron chi connectivity index (χ4n) is 8.86. The van der Waals surface area contributed by atoms with Gasteiger partial charge in [0, 0.05) is 23.2 Å². The van der Waals surface area contributed by atoms with Crippen molar-refractivity contribution in [2.45, 2.75) is 89.1 Å². The molecule has 0 amide bonds. The second-order valence-electron chi connectivity index (χ2n) is 14.3. The van der Waals surface area contributed by atoms with Crippen molar-refractivity contribution in [2.24, 2.45) is 34.3 Å². The molecule has 3 fully saturated rings. The average Bonchev–Trinajstić information content (AvgIpc) is 3.38. The van der Waals surface area contributed by atoms with Crippen molar-refractivity contribution in [1.82, 2.24) is 16.2 Å². The number of esters is 3. The van der Waals surface area contributed by atoms with E-state index in [9.17, 15) is 29.1 Å². The molecular weight excluding hydrogens is 728 g/mol. The summed E-state index contributed by atoms with van der Waals surface area (Å²) in [6, 6.07) is -1.64. The van der Waals surface area contributed by atoms with Crippen LogP contribution in [0.4, 0.5) is 0 Å². The monoisotopic (exact) mass is 776 g/mol. The molecule has 0 bridgehead atoms. The highest BCUT2D eigenvalue weighted by Crippen LogP contribution is 2.68. The molecule has 4 aliphatic rings. The van der Waals surface area contributed by atoms with E-state index in [1.807, 2.05) is 13.0 Å². The Bertz CT molecular complexity index is 1460. The number of fused-ring (bicyclic) bond motifs is 5. The zero-order valence-electron chi connectivity index (χ0n) is 29.7. The number of allylic oxidation sites excluding steroid dienone is 4. The van der Waals surface area contributed by atoms with Gasteiger partial charge in [-0.1, -0.05) is 25.5 Å². The first-order valence-electron chi connectivity index (χ1n) is 17.2. The second-order valence-corrected chi connectivity index (χ2v) is 14.3. The highest BCUT2D eigenvalue weighted by atomic mass is 17.1. The van der Waals surface area contributed by atoms with Gasteiger partial charge >= 0.3 is 17.9 Å². The zero-order chi connectivity index (χ0) is 40.0. The minimum atomic E-state index is -1.86. The van der Waals surface area contributed by atoms with Crippen LogP contribution in [-0.4, -0.2) is 132 Å². The van der Waals surface area contributed by atoms with Crippen molar-refractivity contribution >= 4 is 29.5 Å². The molecule has 0 aliphatic heterocycles. The van der Waals surface area contributed by atoms with Crippen LogP contribution in [0.2, 0.25) is 0 Å². The third-order valence-corrected chi connectivity index (χ3v) is 11.2. The van der Waals surface area contributed by atoms with Crippen LogP contribution in [0.3, 0.4) is 0 Å². The van der Waals surface area contributed by atoms with E-state index >= 15 is 0 Å². The number of nitrogens with zero attached hydrogens (tertiary/aromatic N) is 3. The van der Waals surface area contributed by atoms with Crippen LogP contribution >= 0.6 is 0 Å². The van der Waals surface area contributed by atoms with Gasteiger partial charge in [-0.05, 0) is 62.5 Å². The van der Waals surface area contributed by atoms with Gasteiger partial charge in [0.1, 0.15) is 25.4 Å². The maximum Gasteiger partial charge on any atom is 0.323 e. The number of hydrogen-bond donors (Lipinski definition) is 8. The molecule has 9 atom stereocenters. The van der Waals surface area contributed by atoms with E-state index in [-0.39, 0.29) is 55.8 Å². The summed E-state index contributed by atoms with van der Waals surface area (Å²) in [6.45, 7) is 1.07. The standard InChI is InChI=1S/C32H48N4O18/c1-30-9-7-19(37)12-18(30)5-6-21-22-8-10-32(31(22,2)14-24(38)28(21)30,53-26(40)4-3-11-51-34(43)44)25(39)17-49-27(41)13-23(33)29(42)50-15-20(54-36(47)48)16-52-35(45)46/h7,9,12,20-24,28,38,43-48H,3-6,8,10-11,13-17,33H2,1-2H3/t20?,21?,22?,23?,24-,28+,30-,31-,32-/m0/s1. The molecule has 4 unspecified atom stereocenters. The van der Waals surface area contributed by atoms with Gasteiger partial charge in [0.15, 0.2) is 18.0 Å². The molecule has 0 spiro atoms. The molecule has 22 nitrogen and oxygen atoms in total. The molecule has 4 aliphatic carbocycles. The summed E-state index contributed by atoms with van der Waals surface area (Å²) in [6.07, 6.45) is 3.09. The SMILES string of the molecule is C[C@]12C=CC(=O)C=C1CCC1C3CC[C@](OC(=O)CCCON(O)O)(C(=O)COC(=O)CC(N)C(=O)OCC(CON(O)O)ON(O)O)[C@@]3(C)C[C@H](O)[C@@H]12. The number of carbonyl (C=O) groups is 5. The van der Waals surface area contributed by atoms with Crippen LogP contribution in [0, 0.1) is 28.6 Å². The third kappa shape index (κ3) is 9.72. The van der Waals surface area contributed by atoms with Crippen LogP contribution < -0.4 is 5.73 Å². The van der Waals surface area contributed by atoms with Crippen molar-refractivity contribution in [3.8, 4) is 0 Å². The third-order valence-electron chi connectivity index (χ3n) is 11.2. The predicted octanol–water partition coefficient (Wildman–Crippen LogP) is 0.105. The summed E-state index contributed by atoms with van der Waals surface area (Å²) < 4.78 is 16.1. The highest BCUT2D eigenvalue weighted by molar-refractivity contribution is 6.01. The lowest BCUT2D eigenvalue weighted by atomic mass is 9.46. The van der Waals surface area contributed by atoms with Gasteiger partial charge in [-0.3, -0.25) is 60.1 Å². The second kappa shape index (κ2) is 18.1. The molecule has 0 aromatic heterocycles. The number of rotatable bonds is 19. The molecule has 0 saturated heterocycles. The minimum absolute atomic E-state index is 0.0187. The van der Waals surface area contributed by atoms with Crippen molar-refractivity contribution in [2.75, 3.05) is 26.4 Å². The largest absolute Gasteiger partial charge is 0.462 e. The molecule has 22 heteroatoms. The average molecular weight is 777 g/mol. The molecule has 9 N–H and O–H groups in total. The summed E-state index contributed by atoms with van der Waals surface area (Å²) in [5.41, 5.74) is 3.11. The summed E-state index contributed by atoms with van der Waals surface area (Å²) in [4.78, 5) is 78.2. The smallest absolute Gasteiger partial charge is 0.323 e. The van der Waals surface area contributed by atoms with Crippen molar-refractivity contribution < 1.29 is 89.0 Å². The first-order valence-corrected chi connectivity index (χ1v) is 17.2. The van der Waals surface area contributed by atoms with E-state index in [0.717, 1.165) is 5.57 Å². The molecule has 0 aromatic rings. The lowest BCUT2D eigenvalue weighted by Crippen LogP contribution is -2.63. The predicted molar refractivity (Wildman–Crippen MR) is 169 cm³/mol. The van der Waals surface area contributed by atoms with Gasteiger partial charge in [-0.15, -0.1) is 0 Å². The lowest BCUT2D eigenvalue weighted by molar-refractivity contribution is -0.527. The molecule has 304 valence electrons. The van der Waals surface area contributed by atoms with E-state index in [4.69, 9.17) is 51.2 Å². The number of aliphatic hydroxyl groups excluding tert-OH is 1. The Kier molecular flexibility index (Phi) is 14.5. The van der Waals surface area contributed by atoms with Crippen LogP contribution in [0.25, 0.3) is 0 Å². The van der Waals surface area contributed by atoms with Crippen LogP contribution in [0.15, 0.2) is 23.8 Å². The Balaban J connectivity index is 1.47. The summed E-state index contributed by atoms with van der Waals surface area (Å²) in [5.74, 6) is -4.66. The Morgan fingerprint density at radius 2 is 1.67 bits per heavy atom. The Labute approximate surface area is 308 Å². The number of nitrogens with two attached hydrogens (primary N) is 1. The van der Waals surface area contributed by atoms with Gasteiger partial charge in [0.2, 0.25) is 5.78 Å². The Hall–Kier alpha value is -3.33. The summed E-state index contributed by atoms with van der Waals surface area (Å²) in [5, 5.41) is 62.5. The van der Waals surface area contributed by atoms with Crippen LogP contribution in [0.5, 0.6) is 0 Å². The maximum atomic E-state index is 14.3. The van der Waals surface area contributed by atoms with Gasteiger partial charge in [-0.2, -0.15) is 0 Å². The van der Waals surface area contributed by atoms with Crippen molar-refractivity contribution in [3.05, 3.63) is 23.8 Å². The lowest BCUT2D eigenvalue weighted by Gasteiger charge is -2.59. The minimum Gasteiger partial charge on any atom is -0.462 e. The van der Waals surface area contributed by atoms with E-state index in [2.05, 4.69) is 14.5 Å². The maximum absolute atomic E-state index is 14.3. The van der Waals surface area contributed by atoms with Crippen LogP contribution in [0.1, 0.15) is 65.2 Å². The number of Topliss-reactive ketones (excluding diaryl/α,β-unsaturated/α-hetero) is 1. The quantitative estimate of drug-likeness (QED) is 0.0373. The molecule has 0 aromatic carbocycles. The van der Waals surface area contributed by atoms with E-state index in [1.54, 1.807) is 13.0 Å². The number of ketones is 2. The summed E-state index contributed by atoms with van der Waals surface area (Å²) >= 11 is 0. The van der Waals surface area contributed by atoms with E-state index < -0.39 is 101 Å². The molecule has 3 saturated carbocycles. The Morgan fingerprint density at radius 1 is 0.963 bits per heavy atom. The number of carbonyl (C=O) groups excluding carboxylic acids is 5. The van der Waals surface area contributed by atoms with Crippen molar-refractivity contribution in [3.63, 3.8) is 0 Å². The Morgan fingerprint density at radius 3 is 2.33 bits per heavy atom. The van der Waals surface area contributed by atoms with Gasteiger partial charge in [0.25, 0.3) is 0 Å². The van der Waals surface area contributed by atoms with Crippen molar-refractivity contribution in [1.29, 1.82) is 0 Å². The molecular formula is C32H48N4O18. The fourth-order valence-corrected chi connectivity index (χ4v) is 8.86. The molecule has 54 heavy (non-hydrogen) atoms. The summed E-state index contributed by atoms with van der Waals surface area (Å²) in [7, 11) is 0. The number of hydrogen-bond acceptors (Lipinski definition) is 22. The van der Waals surface area contributed by atoms with E-state index in [1.165, 1.54) is 6.08 Å².